The molecular formula is C15H15Cl2N3O2S. The monoisotopic (exact) mass is 371 g/mol. The van der Waals surface area contributed by atoms with Crippen LogP contribution in [0.4, 0.5) is 5.69 Å². The first-order chi connectivity index (χ1) is 10.9. The van der Waals surface area contributed by atoms with Gasteiger partial charge in [0.25, 0.3) is 5.56 Å². The molecule has 0 atom stereocenters. The number of rotatable bonds is 5. The van der Waals surface area contributed by atoms with Crippen molar-refractivity contribution in [3.05, 3.63) is 49.9 Å². The van der Waals surface area contributed by atoms with Gasteiger partial charge in [-0.1, -0.05) is 35.0 Å². The fourth-order valence-electron chi connectivity index (χ4n) is 2.01. The largest absolute Gasteiger partial charge is 0.326 e. The molecule has 0 saturated heterocycles. The minimum atomic E-state index is -0.212. The van der Waals surface area contributed by atoms with E-state index < -0.39 is 0 Å². The summed E-state index contributed by atoms with van der Waals surface area (Å²) in [5.41, 5.74) is 1.52. The van der Waals surface area contributed by atoms with Gasteiger partial charge in [-0.15, -0.1) is 0 Å². The molecule has 2 rings (SSSR count). The lowest BCUT2D eigenvalue weighted by molar-refractivity contribution is -0.116. The summed E-state index contributed by atoms with van der Waals surface area (Å²) in [5.74, 6) is -0.212. The van der Waals surface area contributed by atoms with Crippen molar-refractivity contribution >= 4 is 46.6 Å². The van der Waals surface area contributed by atoms with Crippen molar-refractivity contribution in [2.24, 2.45) is 0 Å². The molecule has 2 aromatic rings. The third-order valence-corrected chi connectivity index (χ3v) is 4.52. The Balaban J connectivity index is 2.02. The zero-order valence-electron chi connectivity index (χ0n) is 12.6. The summed E-state index contributed by atoms with van der Waals surface area (Å²) in [7, 11) is 0. The molecule has 1 aromatic carbocycles. The summed E-state index contributed by atoms with van der Waals surface area (Å²) >= 11 is 13.1. The van der Waals surface area contributed by atoms with Crippen LogP contribution in [0.1, 0.15) is 17.7 Å². The molecule has 5 nitrogen and oxygen atoms in total. The summed E-state index contributed by atoms with van der Waals surface area (Å²) in [4.78, 5) is 31.0. The molecule has 0 spiro atoms. The van der Waals surface area contributed by atoms with E-state index in [1.165, 1.54) is 11.8 Å². The Morgan fingerprint density at radius 1 is 1.35 bits per heavy atom. The highest BCUT2D eigenvalue weighted by atomic mass is 35.5. The number of nitrogens with zero attached hydrogens (tertiary/aromatic N) is 1. The number of carbonyl (C=O) groups excluding carboxylic acids is 1. The molecule has 1 aromatic heterocycles. The van der Waals surface area contributed by atoms with Crippen LogP contribution in [-0.4, -0.2) is 22.1 Å². The number of amides is 1. The van der Waals surface area contributed by atoms with Crippen molar-refractivity contribution in [3.63, 3.8) is 0 Å². The number of hydrogen-bond donors (Lipinski definition) is 2. The van der Waals surface area contributed by atoms with Gasteiger partial charge in [-0.05, 0) is 37.8 Å². The Hall–Kier alpha value is -1.50. The van der Waals surface area contributed by atoms with Gasteiger partial charge in [-0.25, -0.2) is 4.98 Å². The molecule has 1 amide bonds. The average molecular weight is 372 g/mol. The van der Waals surface area contributed by atoms with E-state index in [1.54, 1.807) is 25.1 Å². The Bertz CT molecular complexity index is 793. The van der Waals surface area contributed by atoms with Gasteiger partial charge in [-0.2, -0.15) is 0 Å². The van der Waals surface area contributed by atoms with E-state index in [9.17, 15) is 9.59 Å². The van der Waals surface area contributed by atoms with Crippen LogP contribution >= 0.6 is 35.0 Å². The van der Waals surface area contributed by atoms with Gasteiger partial charge in [0.1, 0.15) is 0 Å². The fourth-order valence-corrected chi connectivity index (χ4v) is 2.73. The van der Waals surface area contributed by atoms with Crippen LogP contribution in [-0.2, 0) is 11.2 Å². The lowest BCUT2D eigenvalue weighted by Gasteiger charge is -2.08. The normalized spacial score (nSPS) is 10.6. The second kappa shape index (κ2) is 7.86. The standard InChI is InChI=1S/C15H15Cl2N3O2S/c1-8-10(14(22)20-15(18-8)23-2)4-6-13(21)19-9-3-5-11(16)12(17)7-9/h3,5,7H,4,6H2,1-2H3,(H,19,21)(H,18,20,22). The minimum Gasteiger partial charge on any atom is -0.326 e. The van der Waals surface area contributed by atoms with Gasteiger partial charge in [0, 0.05) is 23.4 Å². The number of aromatic nitrogens is 2. The molecule has 0 saturated carbocycles. The van der Waals surface area contributed by atoms with Crippen LogP contribution in [0.25, 0.3) is 0 Å². The van der Waals surface area contributed by atoms with E-state index in [1.807, 2.05) is 6.26 Å². The molecule has 0 aliphatic heterocycles. The highest BCUT2D eigenvalue weighted by molar-refractivity contribution is 7.98. The van der Waals surface area contributed by atoms with Crippen molar-refractivity contribution in [1.29, 1.82) is 0 Å². The number of aryl methyl sites for hydroxylation is 1. The molecule has 0 bridgehead atoms. The molecule has 8 heteroatoms. The number of thioether (sulfide) groups is 1. The molecular weight excluding hydrogens is 357 g/mol. The molecule has 0 unspecified atom stereocenters. The number of benzene rings is 1. The van der Waals surface area contributed by atoms with Crippen molar-refractivity contribution in [2.45, 2.75) is 24.9 Å². The second-order valence-electron chi connectivity index (χ2n) is 4.82. The lowest BCUT2D eigenvalue weighted by Crippen LogP contribution is -2.20. The van der Waals surface area contributed by atoms with Crippen LogP contribution in [0.2, 0.25) is 10.0 Å². The van der Waals surface area contributed by atoms with E-state index in [0.717, 1.165) is 0 Å². The molecule has 122 valence electrons. The zero-order valence-corrected chi connectivity index (χ0v) is 14.9. The zero-order chi connectivity index (χ0) is 17.0. The third kappa shape index (κ3) is 4.73. The van der Waals surface area contributed by atoms with E-state index >= 15 is 0 Å². The predicted octanol–water partition coefficient (Wildman–Crippen LogP) is 3.68. The van der Waals surface area contributed by atoms with E-state index in [0.29, 0.717) is 38.6 Å². The van der Waals surface area contributed by atoms with Crippen LogP contribution < -0.4 is 10.9 Å². The highest BCUT2D eigenvalue weighted by Crippen LogP contribution is 2.25. The van der Waals surface area contributed by atoms with Crippen molar-refractivity contribution < 1.29 is 4.79 Å². The fraction of sp³-hybridized carbons (Fsp3) is 0.267. The number of carbonyl (C=O) groups is 1. The smallest absolute Gasteiger partial charge is 0.254 e. The molecule has 0 aliphatic carbocycles. The van der Waals surface area contributed by atoms with Crippen LogP contribution in [0.15, 0.2) is 28.2 Å². The molecule has 1 heterocycles. The maximum Gasteiger partial charge on any atom is 0.254 e. The van der Waals surface area contributed by atoms with Crippen LogP contribution in [0.3, 0.4) is 0 Å². The average Bonchev–Trinajstić information content (AvgIpc) is 2.50. The van der Waals surface area contributed by atoms with Gasteiger partial charge in [0.2, 0.25) is 5.91 Å². The Morgan fingerprint density at radius 3 is 2.70 bits per heavy atom. The third-order valence-electron chi connectivity index (χ3n) is 3.20. The van der Waals surface area contributed by atoms with Gasteiger partial charge >= 0.3 is 0 Å². The summed E-state index contributed by atoms with van der Waals surface area (Å²) < 4.78 is 0. The van der Waals surface area contributed by atoms with Gasteiger partial charge in [0.15, 0.2) is 5.16 Å². The molecule has 0 radical (unpaired) electrons. The summed E-state index contributed by atoms with van der Waals surface area (Å²) in [6.07, 6.45) is 2.32. The Morgan fingerprint density at radius 2 is 2.09 bits per heavy atom. The Labute approximate surface area is 147 Å². The number of hydrogen-bond acceptors (Lipinski definition) is 4. The van der Waals surface area contributed by atoms with E-state index in [4.69, 9.17) is 23.2 Å². The number of halogens is 2. The quantitative estimate of drug-likeness (QED) is 0.620. The SMILES string of the molecule is CSc1nc(C)c(CCC(=O)Nc2ccc(Cl)c(Cl)c2)c(=O)[nH]1. The number of nitrogens with one attached hydrogen (secondary N) is 2. The summed E-state index contributed by atoms with van der Waals surface area (Å²) in [5, 5.41) is 4.08. The summed E-state index contributed by atoms with van der Waals surface area (Å²) in [6.45, 7) is 1.77. The first kappa shape index (κ1) is 17.8. The van der Waals surface area contributed by atoms with Crippen molar-refractivity contribution in [3.8, 4) is 0 Å². The Kier molecular flexibility index (Phi) is 6.10. The van der Waals surface area contributed by atoms with Gasteiger partial charge in [0.05, 0.1) is 10.0 Å². The topological polar surface area (TPSA) is 74.8 Å². The molecule has 23 heavy (non-hydrogen) atoms. The number of H-pyrrole nitrogens is 1. The van der Waals surface area contributed by atoms with E-state index in [-0.39, 0.29) is 17.9 Å². The van der Waals surface area contributed by atoms with Gasteiger partial charge in [-0.3, -0.25) is 9.59 Å². The summed E-state index contributed by atoms with van der Waals surface area (Å²) in [6, 6.07) is 4.85. The number of anilines is 1. The predicted molar refractivity (Wildman–Crippen MR) is 94.8 cm³/mol. The lowest BCUT2D eigenvalue weighted by atomic mass is 10.1. The van der Waals surface area contributed by atoms with E-state index in [2.05, 4.69) is 15.3 Å². The maximum atomic E-state index is 12.0. The second-order valence-corrected chi connectivity index (χ2v) is 6.43. The molecule has 2 N–H and O–H groups in total. The number of aromatic amines is 1. The van der Waals surface area contributed by atoms with Crippen LogP contribution in [0, 0.1) is 6.92 Å². The van der Waals surface area contributed by atoms with Crippen LogP contribution in [0.5, 0.6) is 0 Å². The van der Waals surface area contributed by atoms with Gasteiger partial charge < -0.3 is 10.3 Å². The minimum absolute atomic E-state index is 0.171. The maximum absolute atomic E-state index is 12.0. The molecule has 0 fully saturated rings. The molecule has 0 aliphatic rings. The van der Waals surface area contributed by atoms with Crippen molar-refractivity contribution in [1.82, 2.24) is 9.97 Å². The first-order valence-corrected chi connectivity index (χ1v) is 8.77. The van der Waals surface area contributed by atoms with Crippen molar-refractivity contribution in [2.75, 3.05) is 11.6 Å². The first-order valence-electron chi connectivity index (χ1n) is 6.79. The highest BCUT2D eigenvalue weighted by Gasteiger charge is 2.11.